The number of carbonyl (C=O) groups excluding carboxylic acids is 3. The highest BCUT2D eigenvalue weighted by Gasteiger charge is 2.64. The monoisotopic (exact) mass is 320 g/mol. The van der Waals surface area contributed by atoms with E-state index in [0.29, 0.717) is 0 Å². The highest BCUT2D eigenvalue weighted by Crippen LogP contribution is 2.41. The molecule has 21 heavy (non-hydrogen) atoms. The first-order valence-corrected chi connectivity index (χ1v) is 5.48. The Morgan fingerprint density at radius 2 is 1.57 bits per heavy atom. The van der Waals surface area contributed by atoms with Crippen LogP contribution in [-0.4, -0.2) is 47.1 Å². The molecule has 0 spiro atoms. The summed E-state index contributed by atoms with van der Waals surface area (Å²) in [6, 6.07) is 0. The molecule has 1 aliphatic rings. The quantitative estimate of drug-likeness (QED) is 0.579. The van der Waals surface area contributed by atoms with Gasteiger partial charge in [-0.1, -0.05) is 0 Å². The van der Waals surface area contributed by atoms with Crippen molar-refractivity contribution in [2.75, 3.05) is 6.54 Å². The van der Waals surface area contributed by atoms with Gasteiger partial charge in [0.05, 0.1) is 0 Å². The van der Waals surface area contributed by atoms with Crippen molar-refractivity contribution in [1.29, 1.82) is 0 Å². The zero-order valence-corrected chi connectivity index (χ0v) is 10.7. The minimum Gasteiger partial charge on any atom is -0.318 e. The van der Waals surface area contributed by atoms with Gasteiger partial charge >= 0.3 is 12.4 Å². The Kier molecular flexibility index (Phi) is 4.01. The van der Waals surface area contributed by atoms with Crippen LogP contribution < -0.4 is 5.32 Å². The Balaban J connectivity index is 3.25. The van der Waals surface area contributed by atoms with Crippen LogP contribution in [0.15, 0.2) is 0 Å². The van der Waals surface area contributed by atoms with E-state index < -0.39 is 48.1 Å². The highest BCUT2D eigenvalue weighted by molar-refractivity contribution is 6.06. The van der Waals surface area contributed by atoms with Crippen LogP contribution in [0.4, 0.5) is 26.3 Å². The normalized spacial score (nSPS) is 19.8. The second-order valence-corrected chi connectivity index (χ2v) is 4.88. The highest BCUT2D eigenvalue weighted by atomic mass is 19.4. The Bertz CT molecular complexity index is 468. The van der Waals surface area contributed by atoms with Gasteiger partial charge in [-0.05, 0) is 13.8 Å². The molecule has 0 saturated carbocycles. The maximum atomic E-state index is 12.5. The van der Waals surface area contributed by atoms with E-state index in [2.05, 4.69) is 0 Å². The van der Waals surface area contributed by atoms with E-state index >= 15 is 0 Å². The van der Waals surface area contributed by atoms with Gasteiger partial charge in [0.25, 0.3) is 5.91 Å². The van der Waals surface area contributed by atoms with Crippen molar-refractivity contribution >= 4 is 17.7 Å². The van der Waals surface area contributed by atoms with Crippen molar-refractivity contribution in [2.45, 2.75) is 31.7 Å². The fraction of sp³-hybridized carbons (Fsp3) is 0.700. The van der Waals surface area contributed by atoms with Crippen LogP contribution in [-0.2, 0) is 14.4 Å². The lowest BCUT2D eigenvalue weighted by Crippen LogP contribution is -2.68. The molecule has 0 aromatic carbocycles. The van der Waals surface area contributed by atoms with Gasteiger partial charge in [0, 0.05) is 0 Å². The number of hydrogen-bond donors (Lipinski definition) is 1. The summed E-state index contributed by atoms with van der Waals surface area (Å²) < 4.78 is 75.1. The third-order valence-electron chi connectivity index (χ3n) is 2.95. The molecule has 1 N–H and O–H groups in total. The number of nitrogens with one attached hydrogen (secondary N) is 1. The van der Waals surface area contributed by atoms with Crippen molar-refractivity contribution in [3.63, 3.8) is 0 Å². The number of alkyl halides is 6. The topological polar surface area (TPSA) is 66.5 Å². The molecule has 1 fully saturated rings. The van der Waals surface area contributed by atoms with E-state index in [9.17, 15) is 40.7 Å². The summed E-state index contributed by atoms with van der Waals surface area (Å²) in [6.07, 6.45) is -11.8. The number of nitrogens with zero attached hydrogens (tertiary/aromatic N) is 1. The molecule has 0 aromatic heterocycles. The molecule has 1 rings (SSSR count). The molecule has 1 heterocycles. The second-order valence-electron chi connectivity index (χ2n) is 4.88. The molecule has 3 amide bonds. The molecule has 0 radical (unpaired) electrons. The van der Waals surface area contributed by atoms with Crippen LogP contribution in [0, 0.1) is 5.92 Å². The van der Waals surface area contributed by atoms with E-state index in [1.54, 1.807) is 5.32 Å². The van der Waals surface area contributed by atoms with Gasteiger partial charge in [0.15, 0.2) is 0 Å². The van der Waals surface area contributed by atoms with E-state index in [4.69, 9.17) is 0 Å². The average molecular weight is 320 g/mol. The summed E-state index contributed by atoms with van der Waals surface area (Å²) in [7, 11) is 0. The predicted octanol–water partition coefficient (Wildman–Crippen LogP) is 0.991. The molecule has 1 aliphatic heterocycles. The lowest BCUT2D eigenvalue weighted by molar-refractivity contribution is -0.279. The molecule has 0 atom stereocenters. The van der Waals surface area contributed by atoms with Crippen molar-refractivity contribution in [2.24, 2.45) is 5.92 Å². The maximum Gasteiger partial charge on any atom is 0.409 e. The summed E-state index contributed by atoms with van der Waals surface area (Å²) in [5.41, 5.74) is -2.01. The molecule has 0 unspecified atom stereocenters. The summed E-state index contributed by atoms with van der Waals surface area (Å²) in [4.78, 5) is 34.2. The van der Waals surface area contributed by atoms with Crippen LogP contribution >= 0.6 is 0 Å². The van der Waals surface area contributed by atoms with Crippen molar-refractivity contribution < 1.29 is 40.7 Å². The molecular formula is C10H10F6N2O3. The molecule has 0 aliphatic carbocycles. The van der Waals surface area contributed by atoms with Crippen LogP contribution in [0.3, 0.4) is 0 Å². The third kappa shape index (κ3) is 3.27. The van der Waals surface area contributed by atoms with Crippen LogP contribution in [0.1, 0.15) is 13.8 Å². The van der Waals surface area contributed by atoms with E-state index in [-0.39, 0.29) is 4.90 Å². The zero-order valence-electron chi connectivity index (χ0n) is 10.7. The fourth-order valence-electron chi connectivity index (χ4n) is 1.76. The smallest absolute Gasteiger partial charge is 0.318 e. The number of rotatable bonds is 1. The molecule has 1 saturated heterocycles. The molecule has 0 aromatic rings. The first-order chi connectivity index (χ1) is 9.19. The van der Waals surface area contributed by atoms with Gasteiger partial charge < -0.3 is 4.90 Å². The number of imide groups is 1. The third-order valence-corrected chi connectivity index (χ3v) is 2.95. The van der Waals surface area contributed by atoms with Gasteiger partial charge in [-0.2, -0.15) is 26.3 Å². The number of amides is 3. The summed E-state index contributed by atoms with van der Waals surface area (Å²) >= 11 is 0. The molecular weight excluding hydrogens is 310 g/mol. The summed E-state index contributed by atoms with van der Waals surface area (Å²) in [5, 5.41) is 1.74. The number of halogens is 6. The van der Waals surface area contributed by atoms with Crippen molar-refractivity contribution in [3.8, 4) is 0 Å². The van der Waals surface area contributed by atoms with E-state index in [1.165, 1.54) is 0 Å². The minimum atomic E-state index is -5.89. The fourth-order valence-corrected chi connectivity index (χ4v) is 1.76. The van der Waals surface area contributed by atoms with E-state index in [1.807, 2.05) is 0 Å². The molecule has 5 nitrogen and oxygen atoms in total. The standard InChI is InChI=1S/C10H10F6N2O3/c1-8(2)7(21)17-4(19)3-18(8)6(20)5(9(11,12)13)10(14,15)16/h5H,3H2,1-2H3,(H,17,19,21). The first-order valence-electron chi connectivity index (χ1n) is 5.48. The van der Waals surface area contributed by atoms with E-state index in [0.717, 1.165) is 13.8 Å². The van der Waals surface area contributed by atoms with Crippen molar-refractivity contribution in [3.05, 3.63) is 0 Å². The zero-order chi connectivity index (χ0) is 16.8. The molecule has 120 valence electrons. The van der Waals surface area contributed by atoms with Crippen molar-refractivity contribution in [1.82, 2.24) is 10.2 Å². The first kappa shape index (κ1) is 17.2. The van der Waals surface area contributed by atoms with Gasteiger partial charge in [0.2, 0.25) is 17.7 Å². The minimum absolute atomic E-state index is 0.0141. The van der Waals surface area contributed by atoms with Crippen LogP contribution in [0.25, 0.3) is 0 Å². The number of carbonyl (C=O) groups is 3. The second kappa shape index (κ2) is 4.88. The summed E-state index contributed by atoms with van der Waals surface area (Å²) in [6.45, 7) is 0.813. The molecule has 0 bridgehead atoms. The lowest BCUT2D eigenvalue weighted by Gasteiger charge is -2.42. The number of hydrogen-bond acceptors (Lipinski definition) is 3. The maximum absolute atomic E-state index is 12.5. The Morgan fingerprint density at radius 3 is 1.95 bits per heavy atom. The number of piperazine rings is 1. The lowest BCUT2D eigenvalue weighted by atomic mass is 9.95. The largest absolute Gasteiger partial charge is 0.409 e. The average Bonchev–Trinajstić information content (AvgIpc) is 2.19. The van der Waals surface area contributed by atoms with Gasteiger partial charge in [-0.3, -0.25) is 19.7 Å². The van der Waals surface area contributed by atoms with Crippen LogP contribution in [0.5, 0.6) is 0 Å². The van der Waals surface area contributed by atoms with Gasteiger partial charge in [-0.15, -0.1) is 0 Å². The molecule has 11 heteroatoms. The SMILES string of the molecule is CC1(C)C(=O)NC(=O)CN1C(=O)C(C(F)(F)F)C(F)(F)F. The Hall–Kier alpha value is -1.81. The summed E-state index contributed by atoms with van der Waals surface area (Å²) in [5.74, 6) is -8.99. The predicted molar refractivity (Wildman–Crippen MR) is 54.5 cm³/mol. The van der Waals surface area contributed by atoms with Crippen LogP contribution in [0.2, 0.25) is 0 Å². The Morgan fingerprint density at radius 1 is 1.14 bits per heavy atom. The van der Waals surface area contributed by atoms with Gasteiger partial charge in [-0.25, -0.2) is 0 Å². The Labute approximate surface area is 114 Å². The van der Waals surface area contributed by atoms with Gasteiger partial charge in [0.1, 0.15) is 12.1 Å².